The van der Waals surface area contributed by atoms with Crippen LogP contribution < -0.4 is 10.9 Å². The molecule has 0 saturated heterocycles. The van der Waals surface area contributed by atoms with E-state index in [9.17, 15) is 15.0 Å². The summed E-state index contributed by atoms with van der Waals surface area (Å²) < 4.78 is 0. The fourth-order valence-corrected chi connectivity index (χ4v) is 2.89. The van der Waals surface area contributed by atoms with Crippen LogP contribution in [0.3, 0.4) is 0 Å². The Balaban J connectivity index is 1.59. The number of hydrazone groups is 2. The Morgan fingerprint density at radius 2 is 2.08 bits per heavy atom. The van der Waals surface area contributed by atoms with Crippen molar-refractivity contribution in [3.8, 4) is 11.5 Å². The first-order valence-electron chi connectivity index (χ1n) is 7.56. The minimum Gasteiger partial charge on any atom is -0.508 e. The number of phenols is 2. The van der Waals surface area contributed by atoms with E-state index in [1.807, 2.05) is 0 Å². The van der Waals surface area contributed by atoms with Crippen LogP contribution in [0.1, 0.15) is 17.5 Å². The van der Waals surface area contributed by atoms with Crippen LogP contribution in [0.4, 0.5) is 0 Å². The fraction of sp³-hybridized carbons (Fsp3) is 0.118. The third kappa shape index (κ3) is 4.07. The average molecular weight is 393 g/mol. The van der Waals surface area contributed by atoms with Gasteiger partial charge in [0.05, 0.1) is 16.9 Å². The standard InChI is InChI=1S/C17H14Cl2N4O3/c18-10-2-4-12(13(19)5-10)14-7-15(22-21-14)17(26)23-20-8-9-1-3-11(24)6-16(9)25/h1-6,8,15,22,24-25H,7H2,(H,23,26)/b20-8+. The van der Waals surface area contributed by atoms with Crippen LogP contribution in [0.2, 0.25) is 10.0 Å². The lowest BCUT2D eigenvalue weighted by Gasteiger charge is -2.08. The second-order valence-corrected chi connectivity index (χ2v) is 6.39. The van der Waals surface area contributed by atoms with Crippen LogP contribution in [0, 0.1) is 0 Å². The molecule has 3 rings (SSSR count). The molecule has 134 valence electrons. The molecule has 2 aromatic carbocycles. The van der Waals surface area contributed by atoms with E-state index in [0.29, 0.717) is 33.3 Å². The summed E-state index contributed by atoms with van der Waals surface area (Å²) in [6, 6.07) is 8.52. The van der Waals surface area contributed by atoms with Gasteiger partial charge in [0, 0.05) is 28.6 Å². The van der Waals surface area contributed by atoms with E-state index < -0.39 is 6.04 Å². The highest BCUT2D eigenvalue weighted by molar-refractivity contribution is 6.37. The number of aromatic hydroxyl groups is 2. The van der Waals surface area contributed by atoms with Gasteiger partial charge in [-0.1, -0.05) is 29.3 Å². The SMILES string of the molecule is O=C(N/N=C/c1ccc(O)cc1O)C1CC(c2ccc(Cl)cc2Cl)=NN1. The van der Waals surface area contributed by atoms with Crippen molar-refractivity contribution in [1.29, 1.82) is 0 Å². The Bertz CT molecular complexity index is 915. The summed E-state index contributed by atoms with van der Waals surface area (Å²) in [6.07, 6.45) is 1.62. The molecule has 1 aliphatic heterocycles. The molecule has 1 atom stereocenters. The predicted octanol–water partition coefficient (Wildman–Crippen LogP) is 2.62. The van der Waals surface area contributed by atoms with Gasteiger partial charge in [-0.3, -0.25) is 10.2 Å². The number of amides is 1. The van der Waals surface area contributed by atoms with E-state index in [-0.39, 0.29) is 17.4 Å². The Morgan fingerprint density at radius 3 is 2.81 bits per heavy atom. The van der Waals surface area contributed by atoms with Crippen molar-refractivity contribution < 1.29 is 15.0 Å². The Morgan fingerprint density at radius 1 is 1.27 bits per heavy atom. The molecule has 0 spiro atoms. The van der Waals surface area contributed by atoms with Gasteiger partial charge < -0.3 is 10.2 Å². The molecule has 0 aliphatic carbocycles. The molecule has 1 amide bonds. The van der Waals surface area contributed by atoms with Crippen molar-refractivity contribution in [2.45, 2.75) is 12.5 Å². The maximum atomic E-state index is 12.2. The number of hydrogen-bond donors (Lipinski definition) is 4. The number of benzene rings is 2. The van der Waals surface area contributed by atoms with Crippen molar-refractivity contribution in [3.05, 3.63) is 57.6 Å². The van der Waals surface area contributed by atoms with Crippen molar-refractivity contribution in [1.82, 2.24) is 10.9 Å². The summed E-state index contributed by atoms with van der Waals surface area (Å²) in [4.78, 5) is 12.2. The average Bonchev–Trinajstić information content (AvgIpc) is 3.06. The molecule has 0 aromatic heterocycles. The Kier molecular flexibility index (Phi) is 5.29. The lowest BCUT2D eigenvalue weighted by molar-refractivity contribution is -0.122. The minimum atomic E-state index is -0.595. The largest absolute Gasteiger partial charge is 0.508 e. The quantitative estimate of drug-likeness (QED) is 0.473. The molecule has 26 heavy (non-hydrogen) atoms. The van der Waals surface area contributed by atoms with E-state index in [0.717, 1.165) is 0 Å². The number of phenolic OH excluding ortho intramolecular Hbond substituents is 2. The van der Waals surface area contributed by atoms with Crippen LogP contribution in [0.15, 0.2) is 46.6 Å². The zero-order chi connectivity index (χ0) is 18.7. The number of nitrogens with zero attached hydrogens (tertiary/aromatic N) is 2. The third-order valence-corrected chi connectivity index (χ3v) is 4.25. The fourth-order valence-electron chi connectivity index (χ4n) is 2.37. The van der Waals surface area contributed by atoms with Crippen LogP contribution in [0.5, 0.6) is 11.5 Å². The van der Waals surface area contributed by atoms with Crippen LogP contribution in [-0.2, 0) is 4.79 Å². The van der Waals surface area contributed by atoms with Gasteiger partial charge >= 0.3 is 0 Å². The number of rotatable bonds is 4. The van der Waals surface area contributed by atoms with E-state index >= 15 is 0 Å². The van der Waals surface area contributed by atoms with Crippen LogP contribution in [0.25, 0.3) is 0 Å². The number of carbonyl (C=O) groups is 1. The Hall–Kier alpha value is -2.77. The maximum absolute atomic E-state index is 12.2. The molecule has 0 saturated carbocycles. The van der Waals surface area contributed by atoms with Crippen LogP contribution >= 0.6 is 23.2 Å². The monoisotopic (exact) mass is 392 g/mol. The molecule has 0 fully saturated rings. The predicted molar refractivity (Wildman–Crippen MR) is 100 cm³/mol. The summed E-state index contributed by atoms with van der Waals surface area (Å²) in [5.41, 5.74) is 6.82. The highest BCUT2D eigenvalue weighted by Gasteiger charge is 2.26. The molecule has 2 aromatic rings. The van der Waals surface area contributed by atoms with Crippen molar-refractivity contribution in [3.63, 3.8) is 0 Å². The molecule has 7 nitrogen and oxygen atoms in total. The summed E-state index contributed by atoms with van der Waals surface area (Å²) in [5, 5.41) is 27.8. The normalized spacial score (nSPS) is 16.4. The molecule has 1 unspecified atom stereocenters. The molecular formula is C17H14Cl2N4O3. The molecular weight excluding hydrogens is 379 g/mol. The number of halogens is 2. The van der Waals surface area contributed by atoms with Crippen molar-refractivity contribution in [2.75, 3.05) is 0 Å². The zero-order valence-electron chi connectivity index (χ0n) is 13.3. The topological polar surface area (TPSA) is 106 Å². The first kappa shape index (κ1) is 18.0. The summed E-state index contributed by atoms with van der Waals surface area (Å²) in [6.45, 7) is 0. The van der Waals surface area contributed by atoms with E-state index in [4.69, 9.17) is 23.2 Å². The maximum Gasteiger partial charge on any atom is 0.264 e. The number of carbonyl (C=O) groups excluding carboxylic acids is 1. The first-order chi connectivity index (χ1) is 12.4. The zero-order valence-corrected chi connectivity index (χ0v) is 14.8. The molecule has 0 bridgehead atoms. The summed E-state index contributed by atoms with van der Waals surface area (Å²) >= 11 is 12.0. The molecule has 0 radical (unpaired) electrons. The number of nitrogens with one attached hydrogen (secondary N) is 2. The smallest absolute Gasteiger partial charge is 0.264 e. The number of hydrogen-bond acceptors (Lipinski definition) is 6. The van der Waals surface area contributed by atoms with Gasteiger partial charge in [0.15, 0.2) is 0 Å². The van der Waals surface area contributed by atoms with Crippen molar-refractivity contribution in [2.24, 2.45) is 10.2 Å². The molecule has 9 heteroatoms. The van der Waals surface area contributed by atoms with Crippen LogP contribution in [-0.4, -0.2) is 34.1 Å². The Labute approximate surface area is 158 Å². The second-order valence-electron chi connectivity index (χ2n) is 5.55. The van der Waals surface area contributed by atoms with Gasteiger partial charge in [-0.2, -0.15) is 10.2 Å². The van der Waals surface area contributed by atoms with E-state index in [2.05, 4.69) is 21.1 Å². The minimum absolute atomic E-state index is 0.0654. The van der Waals surface area contributed by atoms with Gasteiger partial charge in [0.2, 0.25) is 0 Å². The van der Waals surface area contributed by atoms with Crippen molar-refractivity contribution >= 4 is 41.0 Å². The van der Waals surface area contributed by atoms with Gasteiger partial charge in [-0.25, -0.2) is 5.43 Å². The lowest BCUT2D eigenvalue weighted by Crippen LogP contribution is -2.37. The molecule has 4 N–H and O–H groups in total. The third-order valence-electron chi connectivity index (χ3n) is 3.70. The van der Waals surface area contributed by atoms with E-state index in [1.165, 1.54) is 24.4 Å². The van der Waals surface area contributed by atoms with E-state index in [1.54, 1.807) is 18.2 Å². The summed E-state index contributed by atoms with van der Waals surface area (Å²) in [7, 11) is 0. The van der Waals surface area contributed by atoms with Gasteiger partial charge in [0.25, 0.3) is 5.91 Å². The lowest BCUT2D eigenvalue weighted by atomic mass is 10.0. The van der Waals surface area contributed by atoms with Gasteiger partial charge in [0.1, 0.15) is 17.5 Å². The molecule has 1 aliphatic rings. The first-order valence-corrected chi connectivity index (χ1v) is 8.32. The van der Waals surface area contributed by atoms with Gasteiger partial charge in [-0.05, 0) is 24.3 Å². The molecule has 1 heterocycles. The summed E-state index contributed by atoms with van der Waals surface area (Å²) in [5.74, 6) is -0.599. The highest BCUT2D eigenvalue weighted by atomic mass is 35.5. The highest BCUT2D eigenvalue weighted by Crippen LogP contribution is 2.24. The second kappa shape index (κ2) is 7.63. The van der Waals surface area contributed by atoms with Gasteiger partial charge in [-0.15, -0.1) is 0 Å².